The second-order valence-corrected chi connectivity index (χ2v) is 7.64. The Hall–Kier alpha value is -2.99. The molecule has 1 N–H and O–H groups in total. The molecule has 1 saturated heterocycles. The maximum atomic E-state index is 12.7. The molecule has 1 aliphatic rings. The van der Waals surface area contributed by atoms with Crippen molar-refractivity contribution >= 4 is 16.9 Å². The monoisotopic (exact) mass is 408 g/mol. The zero-order valence-corrected chi connectivity index (χ0v) is 17.5. The van der Waals surface area contributed by atoms with Crippen LogP contribution in [0.4, 0.5) is 0 Å². The summed E-state index contributed by atoms with van der Waals surface area (Å²) in [7, 11) is 3.29. The van der Waals surface area contributed by atoms with Gasteiger partial charge in [0.2, 0.25) is 5.91 Å². The minimum absolute atomic E-state index is 0.00812. The molecule has 30 heavy (non-hydrogen) atoms. The van der Waals surface area contributed by atoms with Crippen molar-refractivity contribution in [2.24, 2.45) is 0 Å². The summed E-state index contributed by atoms with van der Waals surface area (Å²) in [5.41, 5.74) is 2.80. The number of nitrogens with zero attached hydrogens (tertiary/aromatic N) is 1. The van der Waals surface area contributed by atoms with Crippen LogP contribution in [0.25, 0.3) is 11.0 Å². The number of carbonyl (C=O) groups is 1. The third kappa shape index (κ3) is 4.44. The van der Waals surface area contributed by atoms with Crippen LogP contribution >= 0.6 is 0 Å². The Bertz CT molecular complexity index is 990. The second kappa shape index (κ2) is 9.22. The molecular formula is C24H28N2O4. The number of hydrogen-bond donors (Lipinski definition) is 1. The van der Waals surface area contributed by atoms with Gasteiger partial charge >= 0.3 is 0 Å². The van der Waals surface area contributed by atoms with Crippen LogP contribution in [0.15, 0.2) is 53.1 Å². The molecule has 1 aliphatic heterocycles. The molecular weight excluding hydrogens is 380 g/mol. The summed E-state index contributed by atoms with van der Waals surface area (Å²) in [6, 6.07) is 13.9. The van der Waals surface area contributed by atoms with Gasteiger partial charge in [0.05, 0.1) is 32.9 Å². The molecule has 0 unspecified atom stereocenters. The number of hydrogen-bond acceptors (Lipinski definition) is 5. The van der Waals surface area contributed by atoms with E-state index in [-0.39, 0.29) is 18.4 Å². The number of benzene rings is 2. The van der Waals surface area contributed by atoms with Gasteiger partial charge in [0.25, 0.3) is 0 Å². The van der Waals surface area contributed by atoms with Crippen molar-refractivity contribution in [1.82, 2.24) is 10.2 Å². The summed E-state index contributed by atoms with van der Waals surface area (Å²) in [5.74, 6) is 1.57. The van der Waals surface area contributed by atoms with E-state index in [1.54, 1.807) is 20.5 Å². The van der Waals surface area contributed by atoms with Crippen LogP contribution in [-0.4, -0.2) is 44.7 Å². The summed E-state index contributed by atoms with van der Waals surface area (Å²) in [6.07, 6.45) is 4.34. The highest BCUT2D eigenvalue weighted by atomic mass is 16.5. The Kier molecular flexibility index (Phi) is 6.23. The number of nitrogens with one attached hydrogen (secondary N) is 1. The predicted octanol–water partition coefficient (Wildman–Crippen LogP) is 3.95. The van der Waals surface area contributed by atoms with E-state index in [0.29, 0.717) is 6.54 Å². The summed E-state index contributed by atoms with van der Waals surface area (Å²) in [5, 5.41) is 4.08. The van der Waals surface area contributed by atoms with Crippen LogP contribution in [0.5, 0.6) is 11.5 Å². The third-order valence-corrected chi connectivity index (χ3v) is 5.79. The second-order valence-electron chi connectivity index (χ2n) is 7.64. The van der Waals surface area contributed by atoms with Crippen molar-refractivity contribution in [1.29, 1.82) is 0 Å². The lowest BCUT2D eigenvalue weighted by molar-refractivity contribution is -0.120. The summed E-state index contributed by atoms with van der Waals surface area (Å²) >= 11 is 0. The molecule has 0 bridgehead atoms. The maximum Gasteiger partial charge on any atom is 0.224 e. The highest BCUT2D eigenvalue weighted by molar-refractivity contribution is 5.88. The van der Waals surface area contributed by atoms with E-state index < -0.39 is 0 Å². The first-order valence-electron chi connectivity index (χ1n) is 10.4. The van der Waals surface area contributed by atoms with Crippen LogP contribution in [-0.2, 0) is 11.2 Å². The van der Waals surface area contributed by atoms with Gasteiger partial charge in [-0.25, -0.2) is 0 Å². The molecule has 0 aliphatic carbocycles. The average molecular weight is 408 g/mol. The highest BCUT2D eigenvalue weighted by Crippen LogP contribution is 2.27. The van der Waals surface area contributed by atoms with Crippen molar-refractivity contribution in [2.75, 3.05) is 33.9 Å². The lowest BCUT2D eigenvalue weighted by atomic mass is 10.0. The lowest BCUT2D eigenvalue weighted by Crippen LogP contribution is -2.37. The van der Waals surface area contributed by atoms with Crippen LogP contribution in [0.3, 0.4) is 0 Å². The predicted molar refractivity (Wildman–Crippen MR) is 116 cm³/mol. The highest BCUT2D eigenvalue weighted by Gasteiger charge is 2.24. The summed E-state index contributed by atoms with van der Waals surface area (Å²) < 4.78 is 16.1. The molecule has 4 rings (SSSR count). The van der Waals surface area contributed by atoms with Crippen molar-refractivity contribution in [2.45, 2.75) is 25.3 Å². The topological polar surface area (TPSA) is 63.9 Å². The number of furan rings is 1. The van der Waals surface area contributed by atoms with Crippen molar-refractivity contribution in [3.63, 3.8) is 0 Å². The summed E-state index contributed by atoms with van der Waals surface area (Å²) in [4.78, 5) is 15.2. The van der Waals surface area contributed by atoms with Crippen molar-refractivity contribution < 1.29 is 18.7 Å². The molecule has 1 aromatic heterocycles. The molecule has 1 atom stereocenters. The van der Waals surface area contributed by atoms with Gasteiger partial charge in [0.15, 0.2) is 0 Å². The summed E-state index contributed by atoms with van der Waals surface area (Å²) in [6.45, 7) is 2.69. The standard InChI is InChI=1S/C24H28N2O4/c1-28-19-7-5-17(6-8-19)22(26-11-3-4-12-26)15-25-24(27)13-18-16-30-23-14-20(29-2)9-10-21(18)23/h5-10,14,16,22H,3-4,11-13,15H2,1-2H3,(H,25,27)/t22-/m1/s1. The van der Waals surface area contributed by atoms with Gasteiger partial charge in [-0.3, -0.25) is 9.69 Å². The largest absolute Gasteiger partial charge is 0.497 e. The fourth-order valence-corrected chi connectivity index (χ4v) is 4.11. The molecule has 0 radical (unpaired) electrons. The number of fused-ring (bicyclic) bond motifs is 1. The molecule has 158 valence electrons. The van der Waals surface area contributed by atoms with Gasteiger partial charge in [0, 0.05) is 23.6 Å². The van der Waals surface area contributed by atoms with Gasteiger partial charge in [-0.05, 0) is 55.8 Å². The van der Waals surface area contributed by atoms with Gasteiger partial charge in [-0.2, -0.15) is 0 Å². The number of ether oxygens (including phenoxy) is 2. The molecule has 1 fully saturated rings. The molecule has 0 spiro atoms. The van der Waals surface area contributed by atoms with Gasteiger partial charge in [0.1, 0.15) is 17.1 Å². The van der Waals surface area contributed by atoms with Crippen molar-refractivity contribution in [3.8, 4) is 11.5 Å². The van der Waals surface area contributed by atoms with Crippen molar-refractivity contribution in [3.05, 3.63) is 59.9 Å². The molecule has 6 heteroatoms. The minimum atomic E-state index is -0.00812. The zero-order chi connectivity index (χ0) is 20.9. The van der Waals surface area contributed by atoms with Crippen LogP contribution < -0.4 is 14.8 Å². The first-order chi connectivity index (χ1) is 14.7. The molecule has 2 heterocycles. The van der Waals surface area contributed by atoms with Crippen LogP contribution in [0, 0.1) is 0 Å². The minimum Gasteiger partial charge on any atom is -0.497 e. The first kappa shape index (κ1) is 20.3. The lowest BCUT2D eigenvalue weighted by Gasteiger charge is -2.28. The normalized spacial score (nSPS) is 15.3. The number of rotatable bonds is 8. The van der Waals surface area contributed by atoms with E-state index in [1.165, 1.54) is 18.4 Å². The van der Waals surface area contributed by atoms with E-state index in [2.05, 4.69) is 22.3 Å². The van der Waals surface area contributed by atoms with Crippen LogP contribution in [0.2, 0.25) is 0 Å². The zero-order valence-electron chi connectivity index (χ0n) is 17.5. The van der Waals surface area contributed by atoms with E-state index in [1.807, 2.05) is 30.3 Å². The maximum absolute atomic E-state index is 12.7. The molecule has 0 saturated carbocycles. The Morgan fingerprint density at radius 2 is 1.77 bits per heavy atom. The number of likely N-dealkylation sites (tertiary alicyclic amines) is 1. The number of methoxy groups -OCH3 is 2. The Morgan fingerprint density at radius 1 is 1.07 bits per heavy atom. The third-order valence-electron chi connectivity index (χ3n) is 5.79. The van der Waals surface area contributed by atoms with Gasteiger partial charge in [-0.1, -0.05) is 12.1 Å². The fraction of sp³-hybridized carbons (Fsp3) is 0.375. The van der Waals surface area contributed by atoms with E-state index >= 15 is 0 Å². The molecule has 1 amide bonds. The number of amides is 1. The number of carbonyl (C=O) groups excluding carboxylic acids is 1. The Morgan fingerprint density at radius 3 is 2.47 bits per heavy atom. The first-order valence-corrected chi connectivity index (χ1v) is 10.4. The van der Waals surface area contributed by atoms with Gasteiger partial charge < -0.3 is 19.2 Å². The molecule has 6 nitrogen and oxygen atoms in total. The molecule has 3 aromatic rings. The van der Waals surface area contributed by atoms with E-state index in [9.17, 15) is 4.79 Å². The smallest absolute Gasteiger partial charge is 0.224 e. The molecule has 2 aromatic carbocycles. The SMILES string of the molecule is COc1ccc([C@@H](CNC(=O)Cc2coc3cc(OC)ccc23)N2CCCC2)cc1. The quantitative estimate of drug-likeness (QED) is 0.612. The Balaban J connectivity index is 1.43. The average Bonchev–Trinajstić information content (AvgIpc) is 3.44. The Labute approximate surface area is 176 Å². The fourth-order valence-electron chi connectivity index (χ4n) is 4.11. The van der Waals surface area contributed by atoms with Gasteiger partial charge in [-0.15, -0.1) is 0 Å². The van der Waals surface area contributed by atoms with E-state index in [0.717, 1.165) is 41.1 Å². The van der Waals surface area contributed by atoms with E-state index in [4.69, 9.17) is 13.9 Å². The van der Waals surface area contributed by atoms with Crippen LogP contribution in [0.1, 0.15) is 30.0 Å².